The molecule has 0 aromatic heterocycles. The first-order valence-corrected chi connectivity index (χ1v) is 13.9. The fraction of sp³-hybridized carbons (Fsp3) is 0.964. The van der Waals surface area contributed by atoms with Gasteiger partial charge < -0.3 is 20.1 Å². The van der Waals surface area contributed by atoms with Crippen LogP contribution in [-0.2, 0) is 9.53 Å². The van der Waals surface area contributed by atoms with Crippen molar-refractivity contribution in [3.8, 4) is 0 Å². The number of ether oxygens (including phenoxy) is 1. The van der Waals surface area contributed by atoms with E-state index in [0.29, 0.717) is 61.4 Å². The van der Waals surface area contributed by atoms with Gasteiger partial charge in [-0.1, -0.05) is 33.6 Å². The highest BCUT2D eigenvalue weighted by molar-refractivity contribution is 5.69. The van der Waals surface area contributed by atoms with E-state index in [-0.39, 0.29) is 35.6 Å². The van der Waals surface area contributed by atoms with Crippen LogP contribution in [0, 0.1) is 46.3 Å². The molecule has 0 spiro atoms. The van der Waals surface area contributed by atoms with Crippen molar-refractivity contribution in [2.24, 2.45) is 46.3 Å². The fourth-order valence-electron chi connectivity index (χ4n) is 9.21. The molecule has 0 radical (unpaired) electrons. The molecule has 0 saturated heterocycles. The second kappa shape index (κ2) is 10.1. The van der Waals surface area contributed by atoms with Crippen LogP contribution in [0.15, 0.2) is 0 Å². The van der Waals surface area contributed by atoms with E-state index >= 15 is 0 Å². The highest BCUT2D eigenvalue weighted by atomic mass is 16.5. The van der Waals surface area contributed by atoms with E-state index in [2.05, 4.69) is 20.8 Å². The second-order valence-electron chi connectivity index (χ2n) is 12.5. The van der Waals surface area contributed by atoms with Crippen molar-refractivity contribution in [1.29, 1.82) is 0 Å². The Labute approximate surface area is 200 Å². The Kier molecular flexibility index (Phi) is 7.82. The number of unbranched alkanes of at least 4 members (excludes halogenated alkanes) is 1. The molecule has 4 aliphatic rings. The molecule has 190 valence electrons. The first kappa shape index (κ1) is 25.4. The van der Waals surface area contributed by atoms with Crippen molar-refractivity contribution < 1.29 is 24.9 Å². The molecule has 33 heavy (non-hydrogen) atoms. The first-order chi connectivity index (χ1) is 15.7. The molecular formula is C28H48O5. The van der Waals surface area contributed by atoms with Gasteiger partial charge in [-0.25, -0.2) is 0 Å². The summed E-state index contributed by atoms with van der Waals surface area (Å²) in [4.78, 5) is 12.2. The van der Waals surface area contributed by atoms with Crippen molar-refractivity contribution in [3.63, 3.8) is 0 Å². The molecule has 0 aliphatic heterocycles. The Balaban J connectivity index is 1.43. The summed E-state index contributed by atoms with van der Waals surface area (Å²) in [7, 11) is 0. The van der Waals surface area contributed by atoms with Crippen LogP contribution in [0.1, 0.15) is 97.8 Å². The topological polar surface area (TPSA) is 87.0 Å². The summed E-state index contributed by atoms with van der Waals surface area (Å²) in [5, 5.41) is 31.9. The van der Waals surface area contributed by atoms with Gasteiger partial charge in [-0.15, -0.1) is 0 Å². The van der Waals surface area contributed by atoms with Crippen molar-refractivity contribution in [3.05, 3.63) is 0 Å². The van der Waals surface area contributed by atoms with Crippen molar-refractivity contribution >= 4 is 5.97 Å². The molecule has 10 atom stereocenters. The molecule has 4 saturated carbocycles. The lowest BCUT2D eigenvalue weighted by Crippen LogP contribution is -2.61. The molecule has 0 aromatic carbocycles. The second-order valence-corrected chi connectivity index (χ2v) is 12.5. The van der Waals surface area contributed by atoms with E-state index < -0.39 is 0 Å². The van der Waals surface area contributed by atoms with Gasteiger partial charge in [0.2, 0.25) is 0 Å². The Morgan fingerprint density at radius 2 is 1.85 bits per heavy atom. The van der Waals surface area contributed by atoms with Gasteiger partial charge in [-0.05, 0) is 104 Å². The van der Waals surface area contributed by atoms with E-state index in [1.54, 1.807) is 0 Å². The lowest BCUT2D eigenvalue weighted by molar-refractivity contribution is -0.201. The van der Waals surface area contributed by atoms with Crippen LogP contribution < -0.4 is 0 Å². The number of hydrogen-bond donors (Lipinski definition) is 3. The normalized spacial score (nSPS) is 45.6. The number of carbonyl (C=O) groups is 1. The number of hydrogen-bond acceptors (Lipinski definition) is 5. The molecule has 0 aromatic rings. The Morgan fingerprint density at radius 3 is 2.61 bits per heavy atom. The summed E-state index contributed by atoms with van der Waals surface area (Å²) in [6.07, 6.45) is 11.0. The lowest BCUT2D eigenvalue weighted by Gasteiger charge is -2.63. The molecule has 4 fully saturated rings. The number of aliphatic hydroxyl groups is 3. The van der Waals surface area contributed by atoms with Crippen molar-refractivity contribution in [2.45, 2.75) is 110 Å². The van der Waals surface area contributed by atoms with E-state index in [1.807, 2.05) is 0 Å². The predicted molar refractivity (Wildman–Crippen MR) is 128 cm³/mol. The standard InChI is InChI=1S/C28H48O5/c1-18(9-12-25(32)33-15-7-6-14-29)20-10-11-21-26-22(17-24(31)28(20,21)3)27(2)13-5-4-8-19(27)16-23(26)30/h18-24,26,29-31H,4-17H2,1-3H3. The third-order valence-electron chi connectivity index (χ3n) is 11.1. The van der Waals surface area contributed by atoms with Crippen LogP contribution in [0.25, 0.3) is 0 Å². The van der Waals surface area contributed by atoms with E-state index in [9.17, 15) is 15.0 Å². The van der Waals surface area contributed by atoms with E-state index in [1.165, 1.54) is 25.7 Å². The molecule has 0 bridgehead atoms. The number of esters is 1. The van der Waals surface area contributed by atoms with Crippen LogP contribution in [0.2, 0.25) is 0 Å². The Hall–Kier alpha value is -0.650. The predicted octanol–water partition coefficient (Wildman–Crippen LogP) is 4.71. The fourth-order valence-corrected chi connectivity index (χ4v) is 9.21. The number of aliphatic hydroxyl groups excluding tert-OH is 3. The summed E-state index contributed by atoms with van der Waals surface area (Å²) in [6.45, 7) is 7.52. The van der Waals surface area contributed by atoms with Crippen LogP contribution in [0.3, 0.4) is 0 Å². The molecule has 0 amide bonds. The zero-order valence-electron chi connectivity index (χ0n) is 21.2. The molecule has 3 N–H and O–H groups in total. The smallest absolute Gasteiger partial charge is 0.305 e. The maximum absolute atomic E-state index is 12.2. The Morgan fingerprint density at radius 1 is 1.06 bits per heavy atom. The Bertz CT molecular complexity index is 681. The minimum absolute atomic E-state index is 0.134. The molecular weight excluding hydrogens is 416 g/mol. The minimum Gasteiger partial charge on any atom is -0.466 e. The van der Waals surface area contributed by atoms with Gasteiger partial charge in [0.15, 0.2) is 0 Å². The van der Waals surface area contributed by atoms with Crippen LogP contribution in [-0.4, -0.2) is 46.7 Å². The average Bonchev–Trinajstić information content (AvgIpc) is 3.15. The average molecular weight is 465 g/mol. The lowest BCUT2D eigenvalue weighted by atomic mass is 9.43. The molecule has 10 unspecified atom stereocenters. The SMILES string of the molecule is CC(CCC(=O)OCCCCO)C1CCC2C3C(O)CC4CCCCC4(C)C3CC(O)C12C. The summed E-state index contributed by atoms with van der Waals surface area (Å²) >= 11 is 0. The van der Waals surface area contributed by atoms with Gasteiger partial charge in [-0.2, -0.15) is 0 Å². The van der Waals surface area contributed by atoms with E-state index in [4.69, 9.17) is 9.84 Å². The summed E-state index contributed by atoms with van der Waals surface area (Å²) in [5.74, 6) is 2.30. The maximum atomic E-state index is 12.2. The van der Waals surface area contributed by atoms with Crippen molar-refractivity contribution in [2.75, 3.05) is 13.2 Å². The zero-order chi connectivity index (χ0) is 23.8. The largest absolute Gasteiger partial charge is 0.466 e. The third-order valence-corrected chi connectivity index (χ3v) is 11.1. The van der Waals surface area contributed by atoms with E-state index in [0.717, 1.165) is 32.1 Å². The highest BCUT2D eigenvalue weighted by Gasteiger charge is 2.65. The molecule has 0 heterocycles. The van der Waals surface area contributed by atoms with Crippen molar-refractivity contribution in [1.82, 2.24) is 0 Å². The quantitative estimate of drug-likeness (QED) is 0.358. The number of rotatable bonds is 8. The van der Waals surface area contributed by atoms with Gasteiger partial charge in [0, 0.05) is 13.0 Å². The minimum atomic E-state index is -0.325. The molecule has 5 heteroatoms. The monoisotopic (exact) mass is 464 g/mol. The van der Waals surface area contributed by atoms with Crippen LogP contribution in [0.5, 0.6) is 0 Å². The maximum Gasteiger partial charge on any atom is 0.305 e. The molecule has 5 nitrogen and oxygen atoms in total. The first-order valence-electron chi connectivity index (χ1n) is 13.9. The van der Waals surface area contributed by atoms with Crippen LogP contribution in [0.4, 0.5) is 0 Å². The summed E-state index contributed by atoms with van der Waals surface area (Å²) < 4.78 is 5.32. The van der Waals surface area contributed by atoms with Gasteiger partial charge in [-0.3, -0.25) is 4.79 Å². The summed E-state index contributed by atoms with van der Waals surface area (Å²) in [5.41, 5.74) is 0.0956. The van der Waals surface area contributed by atoms with Gasteiger partial charge in [0.1, 0.15) is 0 Å². The summed E-state index contributed by atoms with van der Waals surface area (Å²) in [6, 6.07) is 0. The highest BCUT2D eigenvalue weighted by Crippen LogP contribution is 2.68. The van der Waals surface area contributed by atoms with Gasteiger partial charge in [0.25, 0.3) is 0 Å². The molecule has 4 aliphatic carbocycles. The van der Waals surface area contributed by atoms with Crippen LogP contribution >= 0.6 is 0 Å². The number of carbonyl (C=O) groups excluding carboxylic acids is 1. The zero-order valence-corrected chi connectivity index (χ0v) is 21.2. The van der Waals surface area contributed by atoms with Gasteiger partial charge >= 0.3 is 5.97 Å². The molecule has 4 rings (SSSR count). The number of fused-ring (bicyclic) bond motifs is 5. The third kappa shape index (κ3) is 4.51. The van der Waals surface area contributed by atoms with Gasteiger partial charge in [0.05, 0.1) is 18.8 Å².